The van der Waals surface area contributed by atoms with E-state index in [1.807, 2.05) is 0 Å². The van der Waals surface area contributed by atoms with E-state index in [2.05, 4.69) is 0 Å². The van der Waals surface area contributed by atoms with Crippen LogP contribution >= 0.6 is 11.6 Å². The molecule has 1 spiro atoms. The van der Waals surface area contributed by atoms with E-state index in [1.165, 1.54) is 19.3 Å². The minimum absolute atomic E-state index is 0.0306. The Bertz CT molecular complexity index is 538. The first kappa shape index (κ1) is 15.3. The zero-order valence-corrected chi connectivity index (χ0v) is 13.7. The van der Waals surface area contributed by atoms with Crippen LogP contribution < -0.4 is 5.73 Å². The first-order valence-corrected chi connectivity index (χ1v) is 9.28. The lowest BCUT2D eigenvalue weighted by atomic mass is 9.80. The summed E-state index contributed by atoms with van der Waals surface area (Å²) in [5, 5.41) is 0.649. The SMILES string of the molecule is Nc1ccc(S(=O)C2CCOC3(CCCCC3)C2)c(Cl)c1. The number of anilines is 1. The van der Waals surface area contributed by atoms with E-state index in [1.54, 1.807) is 18.2 Å². The first-order chi connectivity index (χ1) is 10.1. The number of ether oxygens (including phenoxy) is 1. The van der Waals surface area contributed by atoms with Crippen molar-refractivity contribution >= 4 is 28.1 Å². The molecule has 116 valence electrons. The minimum Gasteiger partial charge on any atom is -0.399 e. The first-order valence-electron chi connectivity index (χ1n) is 7.69. The van der Waals surface area contributed by atoms with Crippen molar-refractivity contribution < 1.29 is 8.95 Å². The molecule has 1 aliphatic carbocycles. The van der Waals surface area contributed by atoms with Gasteiger partial charge in [-0.2, -0.15) is 0 Å². The Morgan fingerprint density at radius 1 is 1.29 bits per heavy atom. The van der Waals surface area contributed by atoms with Crippen molar-refractivity contribution in [1.82, 2.24) is 0 Å². The van der Waals surface area contributed by atoms with Crippen LogP contribution in [0.2, 0.25) is 5.02 Å². The second-order valence-corrected chi connectivity index (χ2v) is 8.30. The molecule has 1 saturated heterocycles. The number of halogens is 1. The number of benzene rings is 1. The van der Waals surface area contributed by atoms with E-state index in [0.29, 0.717) is 22.2 Å². The largest absolute Gasteiger partial charge is 0.399 e. The highest BCUT2D eigenvalue weighted by molar-refractivity contribution is 7.85. The third kappa shape index (κ3) is 3.27. The van der Waals surface area contributed by atoms with Crippen LogP contribution in [0.4, 0.5) is 5.69 Å². The molecule has 3 nitrogen and oxygen atoms in total. The average Bonchev–Trinajstić information content (AvgIpc) is 2.47. The number of nitrogen functional groups attached to an aromatic ring is 1. The summed E-state index contributed by atoms with van der Waals surface area (Å²) >= 11 is 6.22. The third-order valence-electron chi connectivity index (χ3n) is 4.69. The number of nitrogens with two attached hydrogens (primary N) is 1. The smallest absolute Gasteiger partial charge is 0.0694 e. The maximum absolute atomic E-state index is 12.9. The molecule has 2 atom stereocenters. The van der Waals surface area contributed by atoms with E-state index >= 15 is 0 Å². The molecular formula is C16H22ClNO2S. The molecule has 3 rings (SSSR count). The quantitative estimate of drug-likeness (QED) is 0.838. The molecule has 21 heavy (non-hydrogen) atoms. The number of hydrogen-bond donors (Lipinski definition) is 1. The summed E-state index contributed by atoms with van der Waals surface area (Å²) in [4.78, 5) is 0.712. The second-order valence-electron chi connectivity index (χ2n) is 6.19. The van der Waals surface area contributed by atoms with Crippen LogP contribution in [0.25, 0.3) is 0 Å². The standard InChI is InChI=1S/C16H22ClNO2S/c17-14-10-12(18)4-5-15(14)21(19)13-6-9-20-16(11-13)7-2-1-3-8-16/h4-5,10,13H,1-3,6-9,11,18H2. The van der Waals surface area contributed by atoms with Crippen molar-refractivity contribution in [2.45, 2.75) is 60.7 Å². The lowest BCUT2D eigenvalue weighted by Crippen LogP contribution is -2.44. The van der Waals surface area contributed by atoms with Gasteiger partial charge < -0.3 is 10.5 Å². The summed E-state index contributed by atoms with van der Waals surface area (Å²) in [6, 6.07) is 5.26. The van der Waals surface area contributed by atoms with Crippen molar-refractivity contribution in [1.29, 1.82) is 0 Å². The molecular weight excluding hydrogens is 306 g/mol. The van der Waals surface area contributed by atoms with E-state index < -0.39 is 10.8 Å². The molecule has 2 fully saturated rings. The van der Waals surface area contributed by atoms with E-state index in [4.69, 9.17) is 22.1 Å². The fourth-order valence-electron chi connectivity index (χ4n) is 3.57. The molecule has 2 aliphatic rings. The van der Waals surface area contributed by atoms with Gasteiger partial charge in [0.25, 0.3) is 0 Å². The highest BCUT2D eigenvalue weighted by atomic mass is 35.5. The van der Waals surface area contributed by atoms with Gasteiger partial charge >= 0.3 is 0 Å². The predicted octanol–water partition coefficient (Wildman–Crippen LogP) is 3.91. The van der Waals surface area contributed by atoms with E-state index in [9.17, 15) is 4.21 Å². The zero-order valence-electron chi connectivity index (χ0n) is 12.1. The van der Waals surface area contributed by atoms with Crippen LogP contribution in [0.1, 0.15) is 44.9 Å². The summed E-state index contributed by atoms with van der Waals surface area (Å²) in [6.45, 7) is 0.711. The average molecular weight is 328 g/mol. The summed E-state index contributed by atoms with van der Waals surface area (Å²) < 4.78 is 19.0. The molecule has 0 aromatic heterocycles. The molecule has 1 aliphatic heterocycles. The zero-order chi connectivity index (χ0) is 14.9. The molecule has 1 aromatic carbocycles. The maximum Gasteiger partial charge on any atom is 0.0694 e. The Morgan fingerprint density at radius 3 is 2.76 bits per heavy atom. The summed E-state index contributed by atoms with van der Waals surface area (Å²) in [5.41, 5.74) is 6.29. The molecule has 0 bridgehead atoms. The lowest BCUT2D eigenvalue weighted by Gasteiger charge is -2.43. The van der Waals surface area contributed by atoms with Gasteiger partial charge in [0.15, 0.2) is 0 Å². The van der Waals surface area contributed by atoms with Gasteiger partial charge in [-0.3, -0.25) is 4.21 Å². The van der Waals surface area contributed by atoms with Gasteiger partial charge in [0.2, 0.25) is 0 Å². The van der Waals surface area contributed by atoms with Gasteiger partial charge in [0, 0.05) is 17.5 Å². The number of hydrogen-bond acceptors (Lipinski definition) is 3. The monoisotopic (exact) mass is 327 g/mol. The molecule has 0 amide bonds. The molecule has 1 saturated carbocycles. The fourth-order valence-corrected chi connectivity index (χ4v) is 5.56. The predicted molar refractivity (Wildman–Crippen MR) is 87.1 cm³/mol. The Hall–Kier alpha value is -0.580. The van der Waals surface area contributed by atoms with Crippen LogP contribution in [0, 0.1) is 0 Å². The van der Waals surface area contributed by atoms with Crippen molar-refractivity contribution in [3.05, 3.63) is 23.2 Å². The van der Waals surface area contributed by atoms with E-state index in [0.717, 1.165) is 25.7 Å². The van der Waals surface area contributed by atoms with Gasteiger partial charge in [-0.25, -0.2) is 0 Å². The van der Waals surface area contributed by atoms with Crippen LogP contribution in [-0.4, -0.2) is 21.7 Å². The Kier molecular flexibility index (Phi) is 4.57. The Balaban J connectivity index is 1.77. The van der Waals surface area contributed by atoms with Gasteiger partial charge in [-0.15, -0.1) is 0 Å². The highest BCUT2D eigenvalue weighted by Gasteiger charge is 2.40. The normalized spacial score (nSPS) is 26.6. The summed E-state index contributed by atoms with van der Waals surface area (Å²) in [5.74, 6) is 0. The highest BCUT2D eigenvalue weighted by Crippen LogP contribution is 2.41. The molecule has 5 heteroatoms. The molecule has 1 heterocycles. The van der Waals surface area contributed by atoms with Crippen LogP contribution in [0.5, 0.6) is 0 Å². The second kappa shape index (κ2) is 6.27. The van der Waals surface area contributed by atoms with Crippen molar-refractivity contribution in [2.24, 2.45) is 0 Å². The number of rotatable bonds is 2. The van der Waals surface area contributed by atoms with Gasteiger partial charge in [-0.05, 0) is 43.9 Å². The third-order valence-corrected chi connectivity index (χ3v) is 6.91. The van der Waals surface area contributed by atoms with E-state index in [-0.39, 0.29) is 10.9 Å². The molecule has 1 aromatic rings. The van der Waals surface area contributed by atoms with Gasteiger partial charge in [0.05, 0.1) is 26.3 Å². The van der Waals surface area contributed by atoms with Gasteiger partial charge in [0.1, 0.15) is 0 Å². The van der Waals surface area contributed by atoms with Crippen LogP contribution in [0.3, 0.4) is 0 Å². The Morgan fingerprint density at radius 2 is 2.05 bits per heavy atom. The topological polar surface area (TPSA) is 52.3 Å². The van der Waals surface area contributed by atoms with Gasteiger partial charge in [-0.1, -0.05) is 30.9 Å². The summed E-state index contributed by atoms with van der Waals surface area (Å²) in [7, 11) is -1.08. The van der Waals surface area contributed by atoms with Crippen LogP contribution in [-0.2, 0) is 15.5 Å². The lowest BCUT2D eigenvalue weighted by molar-refractivity contribution is -0.0975. The van der Waals surface area contributed by atoms with Crippen LogP contribution in [0.15, 0.2) is 23.1 Å². The fraction of sp³-hybridized carbons (Fsp3) is 0.625. The molecule has 2 N–H and O–H groups in total. The minimum atomic E-state index is -1.08. The maximum atomic E-state index is 12.9. The van der Waals surface area contributed by atoms with Crippen molar-refractivity contribution in [3.8, 4) is 0 Å². The molecule has 0 radical (unpaired) electrons. The molecule has 2 unspecified atom stereocenters. The van der Waals surface area contributed by atoms with Crippen molar-refractivity contribution in [2.75, 3.05) is 12.3 Å². The Labute approximate surface area is 133 Å². The van der Waals surface area contributed by atoms with Crippen molar-refractivity contribution in [3.63, 3.8) is 0 Å². The summed E-state index contributed by atoms with van der Waals surface area (Å²) in [6.07, 6.45) is 7.69.